The number of carbonyl (C=O) groups is 1. The standard InChI is InChI=1S/C15H17ClN4O/c1-9-3-4-13-10(2)20(6-5-19(9)13)15(21)12-7-11(17)8-18-14(12)16/h3-4,7-8,10H,5-6,17H2,1-2H3. The minimum Gasteiger partial charge on any atom is -0.397 e. The average Bonchev–Trinajstić information content (AvgIpc) is 2.84. The van der Waals surface area contributed by atoms with Crippen LogP contribution in [0.1, 0.15) is 34.7 Å². The van der Waals surface area contributed by atoms with Crippen LogP contribution in [0.2, 0.25) is 5.15 Å². The first-order chi connectivity index (χ1) is 9.99. The quantitative estimate of drug-likeness (QED) is 0.824. The normalized spacial score (nSPS) is 17.7. The third-order valence-electron chi connectivity index (χ3n) is 4.04. The second-order valence-electron chi connectivity index (χ2n) is 5.33. The predicted molar refractivity (Wildman–Crippen MR) is 82.3 cm³/mol. The van der Waals surface area contributed by atoms with E-state index in [0.29, 0.717) is 17.8 Å². The minimum absolute atomic E-state index is 0.00236. The Balaban J connectivity index is 1.95. The Labute approximate surface area is 128 Å². The zero-order valence-electron chi connectivity index (χ0n) is 12.0. The number of nitrogen functional groups attached to an aromatic ring is 1. The van der Waals surface area contributed by atoms with Crippen LogP contribution in [0.3, 0.4) is 0 Å². The number of aromatic nitrogens is 2. The lowest BCUT2D eigenvalue weighted by Crippen LogP contribution is -2.41. The van der Waals surface area contributed by atoms with E-state index < -0.39 is 0 Å². The van der Waals surface area contributed by atoms with Crippen molar-refractivity contribution in [3.63, 3.8) is 0 Å². The molecule has 110 valence electrons. The number of aryl methyl sites for hydroxylation is 1. The van der Waals surface area contributed by atoms with Crippen LogP contribution < -0.4 is 5.73 Å². The molecule has 0 bridgehead atoms. The number of halogens is 1. The van der Waals surface area contributed by atoms with E-state index >= 15 is 0 Å². The van der Waals surface area contributed by atoms with Crippen molar-refractivity contribution in [2.45, 2.75) is 26.4 Å². The molecule has 1 unspecified atom stereocenters. The number of fused-ring (bicyclic) bond motifs is 1. The van der Waals surface area contributed by atoms with Crippen LogP contribution >= 0.6 is 11.6 Å². The van der Waals surface area contributed by atoms with Crippen molar-refractivity contribution in [2.24, 2.45) is 0 Å². The van der Waals surface area contributed by atoms with Gasteiger partial charge in [-0.3, -0.25) is 4.79 Å². The van der Waals surface area contributed by atoms with Crippen molar-refractivity contribution in [2.75, 3.05) is 12.3 Å². The monoisotopic (exact) mass is 304 g/mol. The summed E-state index contributed by atoms with van der Waals surface area (Å²) in [5.74, 6) is -0.127. The topological polar surface area (TPSA) is 64.2 Å². The van der Waals surface area contributed by atoms with E-state index in [-0.39, 0.29) is 17.1 Å². The zero-order valence-corrected chi connectivity index (χ0v) is 12.8. The lowest BCUT2D eigenvalue weighted by atomic mass is 10.1. The van der Waals surface area contributed by atoms with E-state index in [2.05, 4.69) is 28.6 Å². The van der Waals surface area contributed by atoms with Crippen LogP contribution in [-0.4, -0.2) is 26.9 Å². The molecule has 2 N–H and O–H groups in total. The van der Waals surface area contributed by atoms with E-state index in [0.717, 1.165) is 12.2 Å². The summed E-state index contributed by atoms with van der Waals surface area (Å²) in [7, 11) is 0. The van der Waals surface area contributed by atoms with Crippen molar-refractivity contribution in [3.8, 4) is 0 Å². The fourth-order valence-electron chi connectivity index (χ4n) is 2.87. The summed E-state index contributed by atoms with van der Waals surface area (Å²) in [6.45, 7) is 5.54. The van der Waals surface area contributed by atoms with Crippen LogP contribution in [0, 0.1) is 6.92 Å². The van der Waals surface area contributed by atoms with E-state index in [4.69, 9.17) is 17.3 Å². The molecule has 21 heavy (non-hydrogen) atoms. The second kappa shape index (κ2) is 5.07. The number of nitrogens with two attached hydrogens (primary N) is 1. The molecule has 0 saturated heterocycles. The molecular formula is C15H17ClN4O. The fourth-order valence-corrected chi connectivity index (χ4v) is 3.05. The van der Waals surface area contributed by atoms with E-state index in [9.17, 15) is 4.79 Å². The summed E-state index contributed by atoms with van der Waals surface area (Å²) in [6.07, 6.45) is 1.45. The van der Waals surface area contributed by atoms with Crippen LogP contribution in [0.5, 0.6) is 0 Å². The number of hydrogen-bond donors (Lipinski definition) is 1. The van der Waals surface area contributed by atoms with Crippen molar-refractivity contribution < 1.29 is 4.79 Å². The van der Waals surface area contributed by atoms with E-state index in [1.807, 2.05) is 11.8 Å². The molecule has 1 aliphatic heterocycles. The maximum Gasteiger partial charge on any atom is 0.257 e. The van der Waals surface area contributed by atoms with Crippen LogP contribution in [-0.2, 0) is 6.54 Å². The first-order valence-electron chi connectivity index (χ1n) is 6.87. The van der Waals surface area contributed by atoms with Gasteiger partial charge in [-0.25, -0.2) is 4.98 Å². The van der Waals surface area contributed by atoms with Gasteiger partial charge in [0.2, 0.25) is 0 Å². The Morgan fingerprint density at radius 1 is 1.43 bits per heavy atom. The molecule has 0 saturated carbocycles. The lowest BCUT2D eigenvalue weighted by Gasteiger charge is -2.35. The lowest BCUT2D eigenvalue weighted by molar-refractivity contribution is 0.0642. The molecule has 1 aliphatic rings. The molecule has 5 nitrogen and oxygen atoms in total. The molecule has 0 fully saturated rings. The summed E-state index contributed by atoms with van der Waals surface area (Å²) in [5.41, 5.74) is 8.87. The van der Waals surface area contributed by atoms with Gasteiger partial charge in [-0.05, 0) is 32.0 Å². The number of carbonyl (C=O) groups excluding carboxylic acids is 1. The molecule has 2 aromatic heterocycles. The van der Waals surface area contributed by atoms with Crippen molar-refractivity contribution in [1.82, 2.24) is 14.5 Å². The van der Waals surface area contributed by atoms with E-state index in [1.54, 1.807) is 6.07 Å². The highest BCUT2D eigenvalue weighted by atomic mass is 35.5. The van der Waals surface area contributed by atoms with Gasteiger partial charge in [0, 0.05) is 24.5 Å². The van der Waals surface area contributed by atoms with Gasteiger partial charge in [-0.15, -0.1) is 0 Å². The van der Waals surface area contributed by atoms with Crippen LogP contribution in [0.4, 0.5) is 5.69 Å². The number of hydrogen-bond acceptors (Lipinski definition) is 3. The van der Waals surface area contributed by atoms with Crippen molar-refractivity contribution in [3.05, 3.63) is 46.5 Å². The second-order valence-corrected chi connectivity index (χ2v) is 5.69. The molecule has 3 heterocycles. The summed E-state index contributed by atoms with van der Waals surface area (Å²) in [4.78, 5) is 18.5. The Morgan fingerprint density at radius 3 is 2.95 bits per heavy atom. The van der Waals surface area contributed by atoms with Gasteiger partial charge in [-0.1, -0.05) is 11.6 Å². The molecule has 0 spiro atoms. The number of amides is 1. The van der Waals surface area contributed by atoms with Gasteiger partial charge in [0.05, 0.1) is 23.5 Å². The largest absolute Gasteiger partial charge is 0.397 e. The summed E-state index contributed by atoms with van der Waals surface area (Å²) in [6, 6.07) is 5.73. The molecule has 1 atom stereocenters. The third-order valence-corrected chi connectivity index (χ3v) is 4.35. The highest BCUT2D eigenvalue weighted by Gasteiger charge is 2.30. The minimum atomic E-state index is -0.127. The Bertz CT molecular complexity index is 710. The molecule has 0 aromatic carbocycles. The molecule has 1 amide bonds. The SMILES string of the molecule is Cc1ccc2n1CCN(C(=O)c1cc(N)cnc1Cl)C2C. The Hall–Kier alpha value is -2.01. The Kier molecular flexibility index (Phi) is 3.37. The predicted octanol–water partition coefficient (Wildman–Crippen LogP) is 2.64. The van der Waals surface area contributed by atoms with Crippen LogP contribution in [0.25, 0.3) is 0 Å². The molecule has 0 aliphatic carbocycles. The smallest absolute Gasteiger partial charge is 0.257 e. The van der Waals surface area contributed by atoms with Crippen molar-refractivity contribution >= 4 is 23.2 Å². The summed E-state index contributed by atoms with van der Waals surface area (Å²) >= 11 is 6.04. The van der Waals surface area contributed by atoms with Gasteiger partial charge in [0.1, 0.15) is 5.15 Å². The maximum absolute atomic E-state index is 12.7. The molecule has 2 aromatic rings. The number of pyridine rings is 1. The van der Waals surface area contributed by atoms with Crippen molar-refractivity contribution in [1.29, 1.82) is 0 Å². The average molecular weight is 305 g/mol. The third kappa shape index (κ3) is 2.27. The summed E-state index contributed by atoms with van der Waals surface area (Å²) < 4.78 is 2.24. The van der Waals surface area contributed by atoms with E-state index in [1.165, 1.54) is 11.9 Å². The van der Waals surface area contributed by atoms with Gasteiger partial charge in [0.25, 0.3) is 5.91 Å². The maximum atomic E-state index is 12.7. The number of rotatable bonds is 1. The highest BCUT2D eigenvalue weighted by molar-refractivity contribution is 6.32. The summed E-state index contributed by atoms with van der Waals surface area (Å²) in [5, 5.41) is 0.193. The first kappa shape index (κ1) is 13.9. The molecule has 3 rings (SSSR count). The van der Waals surface area contributed by atoms with Gasteiger partial charge in [0.15, 0.2) is 0 Å². The van der Waals surface area contributed by atoms with Crippen LogP contribution in [0.15, 0.2) is 24.4 Å². The molecular weight excluding hydrogens is 288 g/mol. The number of nitrogens with zero attached hydrogens (tertiary/aromatic N) is 3. The number of anilines is 1. The van der Waals surface area contributed by atoms with Gasteiger partial charge < -0.3 is 15.2 Å². The molecule has 6 heteroatoms. The molecule has 0 radical (unpaired) electrons. The highest BCUT2D eigenvalue weighted by Crippen LogP contribution is 2.29. The fraction of sp³-hybridized carbons (Fsp3) is 0.333. The first-order valence-corrected chi connectivity index (χ1v) is 7.25. The zero-order chi connectivity index (χ0) is 15.1. The Morgan fingerprint density at radius 2 is 2.19 bits per heavy atom. The van der Waals surface area contributed by atoms with Gasteiger partial charge >= 0.3 is 0 Å². The van der Waals surface area contributed by atoms with Gasteiger partial charge in [-0.2, -0.15) is 0 Å².